The minimum absolute atomic E-state index is 0.135. The van der Waals surface area contributed by atoms with Crippen molar-refractivity contribution in [3.05, 3.63) is 69.3 Å². The molecule has 2 heteroatoms. The van der Waals surface area contributed by atoms with Crippen molar-refractivity contribution in [2.45, 2.75) is 0 Å². The Morgan fingerprint density at radius 2 is 1.42 bits per heavy atom. The van der Waals surface area contributed by atoms with Crippen LogP contribution in [0.1, 0.15) is 15.9 Å². The van der Waals surface area contributed by atoms with Gasteiger partial charge in [-0.25, -0.2) is 0 Å². The van der Waals surface area contributed by atoms with Gasteiger partial charge >= 0.3 is 0 Å². The first-order valence-corrected chi connectivity index (χ1v) is 7.20. The molecule has 0 fully saturated rings. The van der Waals surface area contributed by atoms with Gasteiger partial charge in [-0.05, 0) is 45.2 Å². The second-order valence-electron chi connectivity index (χ2n) is 4.70. The lowest BCUT2D eigenvalue weighted by molar-refractivity contribution is 0.104. The molecule has 0 saturated heterocycles. The molecule has 90 valence electrons. The first-order chi connectivity index (χ1) is 9.27. The van der Waals surface area contributed by atoms with E-state index < -0.39 is 0 Å². The number of hydrogen-bond acceptors (Lipinski definition) is 1. The molecule has 0 aliphatic heterocycles. The number of carbonyl (C=O) groups is 1. The molecule has 0 amide bonds. The average Bonchev–Trinajstić information content (AvgIpc) is 2.46. The van der Waals surface area contributed by atoms with Crippen molar-refractivity contribution in [1.29, 1.82) is 0 Å². The monoisotopic (exact) mass is 356 g/mol. The van der Waals surface area contributed by atoms with Gasteiger partial charge in [0.1, 0.15) is 0 Å². The molecule has 0 unspecified atom stereocenters. The van der Waals surface area contributed by atoms with Crippen LogP contribution in [0.4, 0.5) is 0 Å². The molecule has 1 aliphatic rings. The first-order valence-electron chi connectivity index (χ1n) is 6.13. The molecule has 0 N–H and O–H groups in total. The largest absolute Gasteiger partial charge is 0.289 e. The smallest absolute Gasteiger partial charge is 0.194 e. The molecular formula is C17H9IO. The minimum atomic E-state index is 0.135. The molecule has 0 aromatic heterocycles. The zero-order chi connectivity index (χ0) is 13.0. The van der Waals surface area contributed by atoms with Gasteiger partial charge < -0.3 is 0 Å². The standard InChI is InChI=1S/C17H9IO/c18-15-9-8-11-10-4-1-2-5-12(10)17(19)14-7-3-6-13(15)16(11)14/h1-9H. The fourth-order valence-electron chi connectivity index (χ4n) is 2.85. The second kappa shape index (κ2) is 3.90. The lowest BCUT2D eigenvalue weighted by Crippen LogP contribution is -2.09. The Hall–Kier alpha value is -1.68. The SMILES string of the molecule is O=C1c2ccccc2-c2ccc(I)c3cccc1c23. The van der Waals surface area contributed by atoms with Gasteiger partial charge in [0, 0.05) is 20.1 Å². The summed E-state index contributed by atoms with van der Waals surface area (Å²) < 4.78 is 1.19. The highest BCUT2D eigenvalue weighted by atomic mass is 127. The van der Waals surface area contributed by atoms with E-state index in [1.165, 1.54) is 14.5 Å². The van der Waals surface area contributed by atoms with Gasteiger partial charge in [0.25, 0.3) is 0 Å². The van der Waals surface area contributed by atoms with Gasteiger partial charge in [0.2, 0.25) is 0 Å². The van der Waals surface area contributed by atoms with E-state index in [1.807, 2.05) is 36.4 Å². The van der Waals surface area contributed by atoms with Gasteiger partial charge in [-0.1, -0.05) is 48.5 Å². The van der Waals surface area contributed by atoms with Crippen LogP contribution in [0.15, 0.2) is 54.6 Å². The molecule has 1 aliphatic carbocycles. The average molecular weight is 356 g/mol. The highest BCUT2D eigenvalue weighted by molar-refractivity contribution is 14.1. The van der Waals surface area contributed by atoms with E-state index in [0.29, 0.717) is 0 Å². The van der Waals surface area contributed by atoms with Crippen LogP contribution in [-0.4, -0.2) is 5.78 Å². The molecule has 3 aromatic rings. The van der Waals surface area contributed by atoms with E-state index in [0.717, 1.165) is 22.1 Å². The van der Waals surface area contributed by atoms with Crippen LogP contribution in [-0.2, 0) is 0 Å². The van der Waals surface area contributed by atoms with Crippen molar-refractivity contribution in [3.63, 3.8) is 0 Å². The Balaban J connectivity index is 2.28. The first kappa shape index (κ1) is 11.2. The summed E-state index contributed by atoms with van der Waals surface area (Å²) in [6, 6.07) is 18.1. The normalized spacial score (nSPS) is 12.6. The zero-order valence-corrected chi connectivity index (χ0v) is 12.1. The molecule has 0 radical (unpaired) electrons. The molecule has 3 aromatic carbocycles. The maximum Gasteiger partial charge on any atom is 0.194 e. The highest BCUT2D eigenvalue weighted by Crippen LogP contribution is 2.40. The molecule has 0 saturated carbocycles. The van der Waals surface area contributed by atoms with Crippen LogP contribution in [0, 0.1) is 3.57 Å². The summed E-state index contributed by atoms with van der Waals surface area (Å²) in [4.78, 5) is 12.6. The van der Waals surface area contributed by atoms with Gasteiger partial charge in [-0.3, -0.25) is 4.79 Å². The van der Waals surface area contributed by atoms with Crippen molar-refractivity contribution in [3.8, 4) is 11.1 Å². The summed E-state index contributed by atoms with van der Waals surface area (Å²) in [6.07, 6.45) is 0. The van der Waals surface area contributed by atoms with Gasteiger partial charge in [0.05, 0.1) is 0 Å². The van der Waals surface area contributed by atoms with E-state index in [4.69, 9.17) is 0 Å². The van der Waals surface area contributed by atoms with E-state index in [1.54, 1.807) is 0 Å². The summed E-state index contributed by atoms with van der Waals surface area (Å²) in [5.41, 5.74) is 3.85. The third kappa shape index (κ3) is 1.43. The predicted molar refractivity (Wildman–Crippen MR) is 85.5 cm³/mol. The summed E-state index contributed by atoms with van der Waals surface area (Å²) in [5.74, 6) is 0.135. The Morgan fingerprint density at radius 3 is 2.26 bits per heavy atom. The summed E-state index contributed by atoms with van der Waals surface area (Å²) >= 11 is 2.33. The van der Waals surface area contributed by atoms with Crippen molar-refractivity contribution < 1.29 is 4.79 Å². The van der Waals surface area contributed by atoms with Crippen molar-refractivity contribution in [1.82, 2.24) is 0 Å². The van der Waals surface area contributed by atoms with E-state index in [-0.39, 0.29) is 5.78 Å². The Morgan fingerprint density at radius 1 is 0.684 bits per heavy atom. The number of benzene rings is 3. The maximum absolute atomic E-state index is 12.6. The summed E-state index contributed by atoms with van der Waals surface area (Å²) in [6.45, 7) is 0. The number of ketones is 1. The minimum Gasteiger partial charge on any atom is -0.289 e. The van der Waals surface area contributed by atoms with Crippen LogP contribution in [0.2, 0.25) is 0 Å². The van der Waals surface area contributed by atoms with Crippen molar-refractivity contribution >= 4 is 39.1 Å². The Kier molecular flexibility index (Phi) is 2.30. The number of carbonyl (C=O) groups excluding carboxylic acids is 1. The third-order valence-corrected chi connectivity index (χ3v) is 4.63. The molecule has 4 rings (SSSR count). The van der Waals surface area contributed by atoms with Gasteiger partial charge in [-0.2, -0.15) is 0 Å². The van der Waals surface area contributed by atoms with Crippen LogP contribution < -0.4 is 0 Å². The molecule has 1 nitrogen and oxygen atoms in total. The van der Waals surface area contributed by atoms with Crippen molar-refractivity contribution in [2.24, 2.45) is 0 Å². The fourth-order valence-corrected chi connectivity index (χ4v) is 3.48. The molecule has 19 heavy (non-hydrogen) atoms. The summed E-state index contributed by atoms with van der Waals surface area (Å²) in [5, 5.41) is 2.26. The van der Waals surface area contributed by atoms with Crippen LogP contribution in [0.3, 0.4) is 0 Å². The number of rotatable bonds is 0. The van der Waals surface area contributed by atoms with E-state index in [9.17, 15) is 4.79 Å². The van der Waals surface area contributed by atoms with E-state index in [2.05, 4.69) is 40.8 Å². The molecule has 0 heterocycles. The predicted octanol–water partition coefficient (Wildman–Crippen LogP) is 4.66. The third-order valence-electron chi connectivity index (χ3n) is 3.69. The summed E-state index contributed by atoms with van der Waals surface area (Å²) in [7, 11) is 0. The van der Waals surface area contributed by atoms with Crippen LogP contribution in [0.25, 0.3) is 21.9 Å². The van der Waals surface area contributed by atoms with Crippen LogP contribution >= 0.6 is 22.6 Å². The molecular weight excluding hydrogens is 347 g/mol. The Bertz CT molecular complexity index is 849. The molecule has 0 bridgehead atoms. The number of fused-ring (bicyclic) bond motifs is 2. The second-order valence-corrected chi connectivity index (χ2v) is 5.86. The Labute approximate surface area is 124 Å². The number of halogens is 1. The highest BCUT2D eigenvalue weighted by Gasteiger charge is 2.24. The molecule has 0 atom stereocenters. The van der Waals surface area contributed by atoms with E-state index >= 15 is 0 Å². The fraction of sp³-hybridized carbons (Fsp3) is 0. The lowest BCUT2D eigenvalue weighted by Gasteiger charge is -2.20. The van der Waals surface area contributed by atoms with Gasteiger partial charge in [0.15, 0.2) is 5.78 Å². The lowest BCUT2D eigenvalue weighted by atomic mass is 9.83. The van der Waals surface area contributed by atoms with Gasteiger partial charge in [-0.15, -0.1) is 0 Å². The topological polar surface area (TPSA) is 17.1 Å². The maximum atomic E-state index is 12.6. The number of hydrogen-bond donors (Lipinski definition) is 0. The zero-order valence-electron chi connectivity index (χ0n) is 9.98. The molecule has 0 spiro atoms. The quantitative estimate of drug-likeness (QED) is 0.419. The van der Waals surface area contributed by atoms with Crippen LogP contribution in [0.5, 0.6) is 0 Å². The van der Waals surface area contributed by atoms with Crippen molar-refractivity contribution in [2.75, 3.05) is 0 Å².